The molecule has 1 N–H and O–H groups in total. The zero-order chi connectivity index (χ0) is 18.4. The van der Waals surface area contributed by atoms with Gasteiger partial charge in [-0.1, -0.05) is 65.3 Å². The van der Waals surface area contributed by atoms with E-state index in [0.717, 1.165) is 11.5 Å². The summed E-state index contributed by atoms with van der Waals surface area (Å²) in [5.74, 6) is 2.04. The van der Waals surface area contributed by atoms with Crippen LogP contribution in [0.1, 0.15) is 21.7 Å². The maximum Gasteiger partial charge on any atom is 0.257 e. The highest BCUT2D eigenvalue weighted by Crippen LogP contribution is 2.30. The molecule has 0 saturated carbocycles. The van der Waals surface area contributed by atoms with E-state index in [0.29, 0.717) is 34.1 Å². The van der Waals surface area contributed by atoms with Gasteiger partial charge in [0, 0.05) is 23.6 Å². The van der Waals surface area contributed by atoms with Gasteiger partial charge in [0.2, 0.25) is 0 Å². The first-order valence-electron chi connectivity index (χ1n) is 8.28. The Hall–Kier alpha value is -2.24. The molecule has 1 amide bonds. The Morgan fingerprint density at radius 2 is 1.88 bits per heavy atom. The molecule has 134 valence electrons. The van der Waals surface area contributed by atoms with E-state index in [1.54, 1.807) is 24.8 Å². The lowest BCUT2D eigenvalue weighted by Gasteiger charge is -2.07. The van der Waals surface area contributed by atoms with E-state index < -0.39 is 0 Å². The van der Waals surface area contributed by atoms with Crippen LogP contribution < -0.4 is 5.32 Å². The zero-order valence-electron chi connectivity index (χ0n) is 14.4. The van der Waals surface area contributed by atoms with Crippen LogP contribution in [0.25, 0.3) is 11.3 Å². The Morgan fingerprint density at radius 1 is 1.15 bits per heavy atom. The fourth-order valence-corrected chi connectivity index (χ4v) is 3.61. The number of aromatic nitrogens is 1. The molecule has 0 atom stereocenters. The number of rotatable bonds is 7. The summed E-state index contributed by atoms with van der Waals surface area (Å²) >= 11 is 8.01. The van der Waals surface area contributed by atoms with Crippen LogP contribution in [-0.2, 0) is 5.75 Å². The fraction of sp³-hybridized carbons (Fsp3) is 0.200. The lowest BCUT2D eigenvalue weighted by atomic mass is 10.1. The first-order chi connectivity index (χ1) is 12.7. The number of amides is 1. The van der Waals surface area contributed by atoms with Gasteiger partial charge >= 0.3 is 0 Å². The minimum atomic E-state index is -0.195. The number of halogens is 1. The molecule has 6 heteroatoms. The number of benzene rings is 2. The average molecular weight is 387 g/mol. The topological polar surface area (TPSA) is 55.1 Å². The Kier molecular flexibility index (Phi) is 6.36. The minimum absolute atomic E-state index is 0.195. The van der Waals surface area contributed by atoms with Crippen molar-refractivity contribution in [1.82, 2.24) is 10.5 Å². The summed E-state index contributed by atoms with van der Waals surface area (Å²) in [6.07, 6.45) is 0. The zero-order valence-corrected chi connectivity index (χ0v) is 15.9. The highest BCUT2D eigenvalue weighted by Gasteiger charge is 2.22. The molecule has 3 rings (SSSR count). The van der Waals surface area contributed by atoms with E-state index >= 15 is 0 Å². The standard InChI is InChI=1S/C20H19ClN2O2S/c1-14-18(19(23-25-14)16-9-5-6-10-17(16)21)20(24)22-11-12-26-13-15-7-3-2-4-8-15/h2-10H,11-13H2,1H3,(H,22,24). The quantitative estimate of drug-likeness (QED) is 0.582. The van der Waals surface area contributed by atoms with E-state index in [-0.39, 0.29) is 5.91 Å². The molecule has 1 aromatic heterocycles. The summed E-state index contributed by atoms with van der Waals surface area (Å²) in [5, 5.41) is 7.50. The summed E-state index contributed by atoms with van der Waals surface area (Å²) in [5.41, 5.74) is 2.88. The van der Waals surface area contributed by atoms with Crippen LogP contribution in [0.4, 0.5) is 0 Å². The Labute approximate surface area is 161 Å². The Morgan fingerprint density at radius 3 is 2.65 bits per heavy atom. The third-order valence-electron chi connectivity index (χ3n) is 3.86. The molecule has 0 aliphatic carbocycles. The van der Waals surface area contributed by atoms with Crippen LogP contribution in [0, 0.1) is 6.92 Å². The second kappa shape index (κ2) is 8.92. The molecule has 0 saturated heterocycles. The number of nitrogens with zero attached hydrogens (tertiary/aromatic N) is 1. The summed E-state index contributed by atoms with van der Waals surface area (Å²) in [6.45, 7) is 2.30. The number of carbonyl (C=O) groups is 1. The summed E-state index contributed by atoms with van der Waals surface area (Å²) in [7, 11) is 0. The van der Waals surface area contributed by atoms with Crippen LogP contribution in [-0.4, -0.2) is 23.4 Å². The fourth-order valence-electron chi connectivity index (χ4n) is 2.57. The molecule has 0 fully saturated rings. The van der Waals surface area contributed by atoms with Crippen molar-refractivity contribution in [3.05, 3.63) is 76.5 Å². The minimum Gasteiger partial charge on any atom is -0.360 e. The first-order valence-corrected chi connectivity index (χ1v) is 9.81. The normalized spacial score (nSPS) is 10.7. The lowest BCUT2D eigenvalue weighted by molar-refractivity contribution is 0.0955. The number of hydrogen-bond donors (Lipinski definition) is 1. The monoisotopic (exact) mass is 386 g/mol. The van der Waals surface area contributed by atoms with Gasteiger partial charge in [0.25, 0.3) is 5.91 Å². The highest BCUT2D eigenvalue weighted by molar-refractivity contribution is 7.98. The highest BCUT2D eigenvalue weighted by atomic mass is 35.5. The smallest absolute Gasteiger partial charge is 0.257 e. The van der Waals surface area contributed by atoms with Crippen molar-refractivity contribution in [3.63, 3.8) is 0 Å². The van der Waals surface area contributed by atoms with Crippen molar-refractivity contribution in [2.75, 3.05) is 12.3 Å². The molecular formula is C20H19ClN2O2S. The number of thioether (sulfide) groups is 1. The van der Waals surface area contributed by atoms with E-state index in [2.05, 4.69) is 22.6 Å². The van der Waals surface area contributed by atoms with Crippen LogP contribution in [0.15, 0.2) is 59.1 Å². The van der Waals surface area contributed by atoms with Gasteiger partial charge in [-0.05, 0) is 18.6 Å². The molecule has 0 bridgehead atoms. The molecule has 3 aromatic rings. The second-order valence-corrected chi connectivity index (χ2v) is 7.25. The largest absolute Gasteiger partial charge is 0.360 e. The predicted octanol–water partition coefficient (Wildman–Crippen LogP) is 4.97. The summed E-state index contributed by atoms with van der Waals surface area (Å²) in [4.78, 5) is 12.6. The van der Waals surface area contributed by atoms with Gasteiger partial charge in [0.1, 0.15) is 17.0 Å². The van der Waals surface area contributed by atoms with Crippen LogP contribution in [0.5, 0.6) is 0 Å². The van der Waals surface area contributed by atoms with Crippen molar-refractivity contribution < 1.29 is 9.32 Å². The van der Waals surface area contributed by atoms with Gasteiger partial charge in [-0.3, -0.25) is 4.79 Å². The number of nitrogens with one attached hydrogen (secondary N) is 1. The summed E-state index contributed by atoms with van der Waals surface area (Å²) in [6, 6.07) is 17.5. The van der Waals surface area contributed by atoms with Gasteiger partial charge in [-0.25, -0.2) is 0 Å². The maximum absolute atomic E-state index is 12.6. The van der Waals surface area contributed by atoms with E-state index in [4.69, 9.17) is 16.1 Å². The van der Waals surface area contributed by atoms with Gasteiger partial charge in [-0.2, -0.15) is 11.8 Å². The third kappa shape index (κ3) is 4.48. The van der Waals surface area contributed by atoms with E-state index in [1.807, 2.05) is 36.4 Å². The lowest BCUT2D eigenvalue weighted by Crippen LogP contribution is -2.26. The molecule has 0 radical (unpaired) electrons. The second-order valence-electron chi connectivity index (χ2n) is 5.74. The van der Waals surface area contributed by atoms with Crippen LogP contribution >= 0.6 is 23.4 Å². The molecular weight excluding hydrogens is 368 g/mol. The summed E-state index contributed by atoms with van der Waals surface area (Å²) < 4.78 is 5.24. The predicted molar refractivity (Wildman–Crippen MR) is 107 cm³/mol. The molecule has 0 unspecified atom stereocenters. The van der Waals surface area contributed by atoms with Gasteiger partial charge in [0.05, 0.1) is 5.02 Å². The van der Waals surface area contributed by atoms with Crippen LogP contribution in [0.2, 0.25) is 5.02 Å². The Bertz CT molecular complexity index is 881. The molecule has 26 heavy (non-hydrogen) atoms. The van der Waals surface area contributed by atoms with Gasteiger partial charge in [0.15, 0.2) is 0 Å². The maximum atomic E-state index is 12.6. The molecule has 0 aliphatic rings. The van der Waals surface area contributed by atoms with Crippen molar-refractivity contribution >= 4 is 29.3 Å². The molecule has 1 heterocycles. The molecule has 0 aliphatic heterocycles. The molecule has 4 nitrogen and oxygen atoms in total. The number of hydrogen-bond acceptors (Lipinski definition) is 4. The molecule has 0 spiro atoms. The number of aryl methyl sites for hydroxylation is 1. The number of carbonyl (C=O) groups excluding carboxylic acids is 1. The van der Waals surface area contributed by atoms with Crippen molar-refractivity contribution in [2.45, 2.75) is 12.7 Å². The third-order valence-corrected chi connectivity index (χ3v) is 5.22. The van der Waals surface area contributed by atoms with Crippen LogP contribution in [0.3, 0.4) is 0 Å². The average Bonchev–Trinajstić information content (AvgIpc) is 3.04. The van der Waals surface area contributed by atoms with Crippen molar-refractivity contribution in [2.24, 2.45) is 0 Å². The Balaban J connectivity index is 1.58. The SMILES string of the molecule is Cc1onc(-c2ccccc2Cl)c1C(=O)NCCSCc1ccccc1. The van der Waals surface area contributed by atoms with E-state index in [9.17, 15) is 4.79 Å². The first kappa shape index (κ1) is 18.5. The van der Waals surface area contributed by atoms with E-state index in [1.165, 1.54) is 5.56 Å². The van der Waals surface area contributed by atoms with Crippen molar-refractivity contribution in [3.8, 4) is 11.3 Å². The molecule has 2 aromatic carbocycles. The van der Waals surface area contributed by atoms with Crippen molar-refractivity contribution in [1.29, 1.82) is 0 Å². The van der Waals surface area contributed by atoms with Gasteiger partial charge in [-0.15, -0.1) is 0 Å². The van der Waals surface area contributed by atoms with Gasteiger partial charge < -0.3 is 9.84 Å².